The van der Waals surface area contributed by atoms with Gasteiger partial charge in [-0.2, -0.15) is 9.97 Å². The number of alkyl carbamates (subject to hydrolysis) is 1. The summed E-state index contributed by atoms with van der Waals surface area (Å²) in [7, 11) is 0. The lowest BCUT2D eigenvalue weighted by Gasteiger charge is -2.38. The summed E-state index contributed by atoms with van der Waals surface area (Å²) < 4.78 is 43.9. The lowest BCUT2D eigenvalue weighted by molar-refractivity contribution is 0.0445. The van der Waals surface area contributed by atoms with Gasteiger partial charge >= 0.3 is 12.1 Å². The Balaban J connectivity index is 1.26. The third kappa shape index (κ3) is 6.73. The highest BCUT2D eigenvalue weighted by Crippen LogP contribution is 2.44. The maximum absolute atomic E-state index is 17.0. The number of nitrogens with zero attached hydrogens (tertiary/aromatic N) is 5. The van der Waals surface area contributed by atoms with Gasteiger partial charge in [0.1, 0.15) is 41.8 Å². The van der Waals surface area contributed by atoms with Gasteiger partial charge in [-0.3, -0.25) is 9.88 Å². The Hall–Kier alpha value is -4.36. The standard InChI is InChI=1S/C38H46F2N6O5/c1-5-26-29(39)9-8-23-16-25(47)17-27(30(23)26)32-31(40)33-28(18-41-32)34(45-14-6-11-37(4,49)20-45)44-35(43-33)51-21-38-12-7-15-46(38)24(10-13-38)19-50-36(48)42-22(2)3/h8-9,16-18,22,24,47,49H,5-7,10-15,19-21H2,1-4H3,(H,42,48)/t24-,37+,38-/m0/s1. The molecule has 51 heavy (non-hydrogen) atoms. The average Bonchev–Trinajstić information content (AvgIpc) is 3.65. The summed E-state index contributed by atoms with van der Waals surface area (Å²) in [5, 5.41) is 25.8. The normalized spacial score (nSPS) is 23.7. The second kappa shape index (κ2) is 13.6. The SMILES string of the molecule is CCc1c(F)ccc2cc(O)cc(-c3ncc4c(N5CCC[C@@](C)(O)C5)nc(OC[C@@]56CCCN5[C@H](COC(=O)NC(C)C)CC6)nc4c3F)c12. The van der Waals surface area contributed by atoms with Crippen molar-refractivity contribution in [3.8, 4) is 23.0 Å². The number of nitrogens with one attached hydrogen (secondary N) is 1. The first-order valence-corrected chi connectivity index (χ1v) is 18.0. The number of halogens is 2. The quantitative estimate of drug-likeness (QED) is 0.184. The second-order valence-electron chi connectivity index (χ2n) is 14.9. The first-order valence-electron chi connectivity index (χ1n) is 18.0. The highest BCUT2D eigenvalue weighted by atomic mass is 19.1. The van der Waals surface area contributed by atoms with Crippen LogP contribution >= 0.6 is 0 Å². The van der Waals surface area contributed by atoms with E-state index in [1.807, 2.05) is 25.7 Å². The van der Waals surface area contributed by atoms with Gasteiger partial charge in [0.2, 0.25) is 0 Å². The van der Waals surface area contributed by atoms with E-state index in [1.165, 1.54) is 24.4 Å². The monoisotopic (exact) mass is 704 g/mol. The number of piperidine rings is 1. The highest BCUT2D eigenvalue weighted by molar-refractivity contribution is 6.01. The smallest absolute Gasteiger partial charge is 0.407 e. The molecule has 5 heterocycles. The molecule has 2 aromatic carbocycles. The van der Waals surface area contributed by atoms with Gasteiger partial charge in [-0.15, -0.1) is 0 Å². The molecule has 0 radical (unpaired) electrons. The van der Waals surface area contributed by atoms with E-state index in [1.54, 1.807) is 13.0 Å². The van der Waals surface area contributed by atoms with Crippen LogP contribution in [0.25, 0.3) is 32.9 Å². The first-order chi connectivity index (χ1) is 24.4. The number of carbonyl (C=O) groups excluding carboxylic acids is 1. The van der Waals surface area contributed by atoms with E-state index in [0.717, 1.165) is 32.2 Å². The molecule has 3 saturated heterocycles. The fourth-order valence-electron chi connectivity index (χ4n) is 8.39. The van der Waals surface area contributed by atoms with Gasteiger partial charge in [0.05, 0.1) is 16.5 Å². The lowest BCUT2D eigenvalue weighted by atomic mass is 9.94. The summed E-state index contributed by atoms with van der Waals surface area (Å²) in [6.45, 7) is 9.62. The number of amides is 1. The van der Waals surface area contributed by atoms with Crippen molar-refractivity contribution in [1.82, 2.24) is 25.2 Å². The van der Waals surface area contributed by atoms with E-state index in [9.17, 15) is 15.0 Å². The molecule has 7 rings (SSSR count). The van der Waals surface area contributed by atoms with Crippen molar-refractivity contribution in [3.63, 3.8) is 0 Å². The van der Waals surface area contributed by atoms with Crippen molar-refractivity contribution in [2.45, 2.75) is 95.9 Å². The van der Waals surface area contributed by atoms with Crippen molar-refractivity contribution in [3.05, 3.63) is 47.7 Å². The zero-order chi connectivity index (χ0) is 36.1. The summed E-state index contributed by atoms with van der Waals surface area (Å²) in [5.41, 5.74) is -0.728. The zero-order valence-corrected chi connectivity index (χ0v) is 29.6. The van der Waals surface area contributed by atoms with Gasteiger partial charge in [-0.05, 0) is 107 Å². The summed E-state index contributed by atoms with van der Waals surface area (Å²) in [4.78, 5) is 30.4. The number of fused-ring (bicyclic) bond motifs is 3. The molecule has 0 bridgehead atoms. The fraction of sp³-hybridized carbons (Fsp3) is 0.526. The van der Waals surface area contributed by atoms with E-state index in [0.29, 0.717) is 53.3 Å². The minimum absolute atomic E-state index is 0.00272. The molecule has 3 aliphatic rings. The van der Waals surface area contributed by atoms with E-state index in [4.69, 9.17) is 14.5 Å². The molecule has 3 atom stereocenters. The number of hydrogen-bond donors (Lipinski definition) is 3. The van der Waals surface area contributed by atoms with E-state index in [-0.39, 0.29) is 65.9 Å². The number of aliphatic hydroxyl groups is 1. The number of pyridine rings is 1. The number of benzene rings is 2. The number of phenolic OH excluding ortho intramolecular Hbond substituents is 1. The minimum atomic E-state index is -0.972. The van der Waals surface area contributed by atoms with Gasteiger partial charge < -0.3 is 29.9 Å². The number of rotatable bonds is 9. The van der Waals surface area contributed by atoms with Gasteiger partial charge in [-0.25, -0.2) is 13.6 Å². The molecule has 0 unspecified atom stereocenters. The van der Waals surface area contributed by atoms with Crippen molar-refractivity contribution in [2.75, 3.05) is 37.7 Å². The Morgan fingerprint density at radius 1 is 1.14 bits per heavy atom. The Morgan fingerprint density at radius 3 is 2.71 bits per heavy atom. The number of anilines is 1. The Kier molecular flexibility index (Phi) is 9.38. The predicted octanol–water partition coefficient (Wildman–Crippen LogP) is 6.25. The Morgan fingerprint density at radius 2 is 1.94 bits per heavy atom. The summed E-state index contributed by atoms with van der Waals surface area (Å²) >= 11 is 0. The van der Waals surface area contributed by atoms with Crippen molar-refractivity contribution in [2.24, 2.45) is 0 Å². The van der Waals surface area contributed by atoms with Crippen LogP contribution in [0.4, 0.5) is 19.4 Å². The van der Waals surface area contributed by atoms with Crippen LogP contribution in [0.3, 0.4) is 0 Å². The molecular weight excluding hydrogens is 658 g/mol. The Bertz CT molecular complexity index is 1980. The predicted molar refractivity (Wildman–Crippen MR) is 190 cm³/mol. The maximum atomic E-state index is 17.0. The number of ether oxygens (including phenoxy) is 2. The molecule has 3 fully saturated rings. The number of aromatic nitrogens is 3. The van der Waals surface area contributed by atoms with Gasteiger partial charge in [0.25, 0.3) is 0 Å². The van der Waals surface area contributed by atoms with E-state index >= 15 is 8.78 Å². The first kappa shape index (κ1) is 35.1. The molecule has 0 spiro atoms. The van der Waals surface area contributed by atoms with Gasteiger partial charge in [0.15, 0.2) is 5.82 Å². The van der Waals surface area contributed by atoms with Crippen LogP contribution in [-0.4, -0.2) is 92.2 Å². The molecular formula is C38H46F2N6O5. The maximum Gasteiger partial charge on any atom is 0.407 e. The molecule has 11 nitrogen and oxygen atoms in total. The van der Waals surface area contributed by atoms with E-state index in [2.05, 4.69) is 20.2 Å². The number of β-amino-alcohol motifs (C(OH)–C–C–N with tert-alkyl or cyclic N) is 1. The number of phenols is 1. The van der Waals surface area contributed by atoms with Crippen LogP contribution in [0.2, 0.25) is 0 Å². The van der Waals surface area contributed by atoms with E-state index < -0.39 is 23.3 Å². The zero-order valence-electron chi connectivity index (χ0n) is 29.6. The van der Waals surface area contributed by atoms with Crippen LogP contribution in [-0.2, 0) is 11.2 Å². The molecule has 272 valence electrons. The largest absolute Gasteiger partial charge is 0.508 e. The third-order valence-corrected chi connectivity index (χ3v) is 10.7. The van der Waals surface area contributed by atoms with Crippen LogP contribution in [0.15, 0.2) is 30.5 Å². The summed E-state index contributed by atoms with van der Waals surface area (Å²) in [6, 6.07) is 5.87. The van der Waals surface area contributed by atoms with Crippen LogP contribution < -0.4 is 15.0 Å². The lowest BCUT2D eigenvalue weighted by Crippen LogP contribution is -2.48. The number of carbonyl (C=O) groups is 1. The average molecular weight is 705 g/mol. The third-order valence-electron chi connectivity index (χ3n) is 10.7. The van der Waals surface area contributed by atoms with Crippen LogP contribution in [0.5, 0.6) is 11.8 Å². The topological polar surface area (TPSA) is 133 Å². The highest BCUT2D eigenvalue weighted by Gasteiger charge is 2.50. The van der Waals surface area contributed by atoms with Crippen LogP contribution in [0, 0.1) is 11.6 Å². The number of aromatic hydroxyl groups is 1. The van der Waals surface area contributed by atoms with Crippen molar-refractivity contribution < 1.29 is 33.3 Å². The molecule has 0 saturated carbocycles. The molecule has 13 heteroatoms. The second-order valence-corrected chi connectivity index (χ2v) is 14.9. The fourth-order valence-corrected chi connectivity index (χ4v) is 8.39. The Labute approximate surface area is 296 Å². The van der Waals surface area contributed by atoms with Crippen molar-refractivity contribution >= 4 is 33.6 Å². The molecule has 0 aliphatic carbocycles. The molecule has 1 amide bonds. The number of aryl methyl sites for hydroxylation is 1. The van der Waals surface area contributed by atoms with Crippen LogP contribution in [0.1, 0.15) is 71.8 Å². The molecule has 3 aliphatic heterocycles. The molecule has 3 N–H and O–H groups in total. The number of hydrogen-bond acceptors (Lipinski definition) is 10. The minimum Gasteiger partial charge on any atom is -0.508 e. The van der Waals surface area contributed by atoms with Gasteiger partial charge in [-0.1, -0.05) is 13.0 Å². The summed E-state index contributed by atoms with van der Waals surface area (Å²) in [5.74, 6) is -0.864. The molecule has 4 aromatic rings. The van der Waals surface area contributed by atoms with Crippen molar-refractivity contribution in [1.29, 1.82) is 0 Å². The van der Waals surface area contributed by atoms with Gasteiger partial charge in [0, 0.05) is 36.9 Å². The summed E-state index contributed by atoms with van der Waals surface area (Å²) in [6.07, 6.45) is 6.29. The molecule has 2 aromatic heterocycles.